The van der Waals surface area contributed by atoms with Gasteiger partial charge < -0.3 is 19.3 Å². The molecule has 2 aliphatic rings. The minimum Gasteiger partial charge on any atom is -0.494 e. The number of rotatable bonds is 10. The number of halogens is 1. The summed E-state index contributed by atoms with van der Waals surface area (Å²) in [6, 6.07) is 12.8. The van der Waals surface area contributed by atoms with Gasteiger partial charge in [-0.15, -0.1) is 0 Å². The number of carboxylic acids is 1. The van der Waals surface area contributed by atoms with Gasteiger partial charge in [0.1, 0.15) is 29.2 Å². The number of ether oxygens (including phenoxy) is 3. The fourth-order valence-electron chi connectivity index (χ4n) is 5.78. The Morgan fingerprint density at radius 2 is 1.90 bits per heavy atom. The lowest BCUT2D eigenvalue weighted by Gasteiger charge is -2.19. The first-order valence-electron chi connectivity index (χ1n) is 13.2. The molecule has 0 saturated heterocycles. The molecule has 3 aromatic carbocycles. The van der Waals surface area contributed by atoms with Crippen molar-refractivity contribution in [3.05, 3.63) is 76.1 Å². The van der Waals surface area contributed by atoms with E-state index >= 15 is 4.39 Å². The van der Waals surface area contributed by atoms with Crippen LogP contribution < -0.4 is 14.2 Å². The fourth-order valence-corrected chi connectivity index (χ4v) is 6.31. The van der Waals surface area contributed by atoms with E-state index in [1.165, 1.54) is 6.07 Å². The first kappa shape index (κ1) is 27.2. The second kappa shape index (κ2) is 11.4. The third-order valence-electron chi connectivity index (χ3n) is 7.47. The molecule has 1 aliphatic heterocycles. The van der Waals surface area contributed by atoms with E-state index in [1.807, 2.05) is 44.2 Å². The molecule has 0 aromatic heterocycles. The van der Waals surface area contributed by atoms with E-state index < -0.39 is 22.9 Å². The molecule has 1 unspecified atom stereocenters. The second-order valence-electron chi connectivity index (χ2n) is 10.3. The zero-order valence-electron chi connectivity index (χ0n) is 22.4. The summed E-state index contributed by atoms with van der Waals surface area (Å²) >= 11 is 0. The van der Waals surface area contributed by atoms with Crippen LogP contribution in [-0.2, 0) is 22.0 Å². The molecule has 1 aliphatic carbocycles. The molecule has 39 heavy (non-hydrogen) atoms. The molecule has 0 spiro atoms. The van der Waals surface area contributed by atoms with Crippen molar-refractivity contribution < 1.29 is 32.7 Å². The highest BCUT2D eigenvalue weighted by molar-refractivity contribution is 7.84. The van der Waals surface area contributed by atoms with Crippen molar-refractivity contribution in [1.82, 2.24) is 0 Å². The van der Waals surface area contributed by atoms with Crippen LogP contribution in [0.1, 0.15) is 59.1 Å². The Kier molecular flexibility index (Phi) is 7.93. The normalized spacial score (nSPS) is 18.3. The van der Waals surface area contributed by atoms with E-state index in [4.69, 9.17) is 19.3 Å². The van der Waals surface area contributed by atoms with Crippen molar-refractivity contribution in [2.24, 2.45) is 0 Å². The van der Waals surface area contributed by atoms with E-state index in [2.05, 4.69) is 0 Å². The number of aliphatic carboxylic acids is 1. The fraction of sp³-hybridized carbons (Fsp3) is 0.387. The minimum atomic E-state index is -0.857. The van der Waals surface area contributed by atoms with Crippen LogP contribution in [0.25, 0.3) is 11.1 Å². The molecule has 6 nitrogen and oxygen atoms in total. The summed E-state index contributed by atoms with van der Waals surface area (Å²) in [6.07, 6.45) is 3.36. The highest BCUT2D eigenvalue weighted by atomic mass is 32.2. The van der Waals surface area contributed by atoms with Crippen LogP contribution in [0.5, 0.6) is 17.2 Å². The summed E-state index contributed by atoms with van der Waals surface area (Å²) in [5, 5.41) is 9.14. The molecule has 0 bridgehead atoms. The smallest absolute Gasteiger partial charge is 0.304 e. The molecule has 8 heteroatoms. The van der Waals surface area contributed by atoms with Crippen LogP contribution in [0.4, 0.5) is 4.39 Å². The topological polar surface area (TPSA) is 82.1 Å². The summed E-state index contributed by atoms with van der Waals surface area (Å²) in [4.78, 5) is 11.1. The summed E-state index contributed by atoms with van der Waals surface area (Å²) in [5.41, 5.74) is 6.60. The monoisotopic (exact) mass is 552 g/mol. The number of hydrogen-bond acceptors (Lipinski definition) is 5. The number of hydrogen-bond donors (Lipinski definition) is 1. The van der Waals surface area contributed by atoms with Gasteiger partial charge in [0, 0.05) is 45.9 Å². The highest BCUT2D eigenvalue weighted by Gasteiger charge is 2.32. The molecule has 3 aromatic rings. The minimum absolute atomic E-state index is 0.0180. The molecule has 0 fully saturated rings. The molecule has 3 atom stereocenters. The first-order chi connectivity index (χ1) is 18.7. The molecule has 0 radical (unpaired) electrons. The molecule has 206 valence electrons. The Labute approximate surface area is 230 Å². The van der Waals surface area contributed by atoms with Crippen molar-refractivity contribution in [3.8, 4) is 28.4 Å². The number of carbonyl (C=O) groups is 1. The van der Waals surface area contributed by atoms with Crippen LogP contribution in [0, 0.1) is 19.7 Å². The average molecular weight is 553 g/mol. The molecule has 0 amide bonds. The van der Waals surface area contributed by atoms with Gasteiger partial charge in [-0.25, -0.2) is 4.39 Å². The standard InChI is InChI=1S/C31H33FO6S/c1-18-13-22(36-11-4-12-39(3)35)14-19(2)30(18)24-7-9-26(32)31-25(24)8-10-27(31)38-21-5-6-23-20(15-29(33)34)17-37-28(23)16-21/h5-7,9,13-14,16,20,27H,4,8,10-12,15,17H2,1-3H3,(H,33,34)/t20-,27-,39?/m1/s1. The van der Waals surface area contributed by atoms with Gasteiger partial charge in [0.25, 0.3) is 0 Å². The Morgan fingerprint density at radius 1 is 1.13 bits per heavy atom. The van der Waals surface area contributed by atoms with Crippen LogP contribution in [0.2, 0.25) is 0 Å². The zero-order valence-corrected chi connectivity index (χ0v) is 23.2. The molecule has 0 saturated carbocycles. The van der Waals surface area contributed by atoms with Crippen LogP contribution >= 0.6 is 0 Å². The second-order valence-corrected chi connectivity index (χ2v) is 11.9. The number of benzene rings is 3. The molecular formula is C31H33FO6S. The maximum Gasteiger partial charge on any atom is 0.304 e. The van der Waals surface area contributed by atoms with E-state index in [0.717, 1.165) is 45.6 Å². The Hall–Kier alpha value is -3.39. The number of aryl methyl sites for hydroxylation is 2. The van der Waals surface area contributed by atoms with Gasteiger partial charge in [0.05, 0.1) is 19.6 Å². The summed E-state index contributed by atoms with van der Waals surface area (Å²) in [5.74, 6) is 1.28. The van der Waals surface area contributed by atoms with E-state index in [1.54, 1.807) is 12.3 Å². The van der Waals surface area contributed by atoms with E-state index in [0.29, 0.717) is 48.9 Å². The van der Waals surface area contributed by atoms with Crippen molar-refractivity contribution >= 4 is 16.8 Å². The quantitative estimate of drug-likeness (QED) is 0.299. The Morgan fingerprint density at radius 3 is 2.62 bits per heavy atom. The van der Waals surface area contributed by atoms with Gasteiger partial charge >= 0.3 is 5.97 Å². The predicted octanol–water partition coefficient (Wildman–Crippen LogP) is 6.27. The van der Waals surface area contributed by atoms with Gasteiger partial charge in [-0.2, -0.15) is 0 Å². The van der Waals surface area contributed by atoms with Gasteiger partial charge in [-0.1, -0.05) is 12.1 Å². The van der Waals surface area contributed by atoms with Crippen LogP contribution in [0.15, 0.2) is 42.5 Å². The number of carboxylic acid groups (broad SMARTS) is 1. The molecular weight excluding hydrogens is 519 g/mol. The van der Waals surface area contributed by atoms with Gasteiger partial charge in [0.2, 0.25) is 0 Å². The maximum absolute atomic E-state index is 15.2. The lowest BCUT2D eigenvalue weighted by Crippen LogP contribution is -2.07. The first-order valence-corrected chi connectivity index (χ1v) is 14.9. The molecule has 1 heterocycles. The Balaban J connectivity index is 1.37. The zero-order chi connectivity index (χ0) is 27.7. The lowest BCUT2D eigenvalue weighted by molar-refractivity contribution is -0.137. The summed E-state index contributed by atoms with van der Waals surface area (Å²) < 4.78 is 44.4. The predicted molar refractivity (Wildman–Crippen MR) is 149 cm³/mol. The van der Waals surface area contributed by atoms with Gasteiger partial charge in [0.15, 0.2) is 0 Å². The highest BCUT2D eigenvalue weighted by Crippen LogP contribution is 2.45. The van der Waals surface area contributed by atoms with E-state index in [-0.39, 0.29) is 18.2 Å². The van der Waals surface area contributed by atoms with Crippen molar-refractivity contribution in [2.75, 3.05) is 25.2 Å². The molecule has 5 rings (SSSR count). The van der Waals surface area contributed by atoms with Crippen LogP contribution in [0.3, 0.4) is 0 Å². The van der Waals surface area contributed by atoms with Crippen LogP contribution in [-0.4, -0.2) is 40.5 Å². The lowest BCUT2D eigenvalue weighted by atomic mass is 9.90. The third kappa shape index (κ3) is 5.81. The van der Waals surface area contributed by atoms with Crippen molar-refractivity contribution in [1.29, 1.82) is 0 Å². The van der Waals surface area contributed by atoms with E-state index in [9.17, 15) is 9.00 Å². The summed E-state index contributed by atoms with van der Waals surface area (Å²) in [6.45, 7) is 4.92. The van der Waals surface area contributed by atoms with Gasteiger partial charge in [-0.3, -0.25) is 9.00 Å². The van der Waals surface area contributed by atoms with Crippen molar-refractivity contribution in [2.45, 2.75) is 51.6 Å². The molecule has 1 N–H and O–H groups in total. The SMILES string of the molecule is Cc1cc(OCCCS(C)=O)cc(C)c1-c1ccc(F)c2c1CC[C@H]2Oc1ccc2c(c1)OC[C@H]2CC(=O)O. The maximum atomic E-state index is 15.2. The average Bonchev–Trinajstić information content (AvgIpc) is 3.47. The summed E-state index contributed by atoms with van der Waals surface area (Å²) in [7, 11) is -0.829. The third-order valence-corrected chi connectivity index (χ3v) is 8.33. The largest absolute Gasteiger partial charge is 0.494 e. The Bertz CT molecular complexity index is 1410. The van der Waals surface area contributed by atoms with Gasteiger partial charge in [-0.05, 0) is 85.2 Å². The number of fused-ring (bicyclic) bond motifs is 2. The van der Waals surface area contributed by atoms with Crippen molar-refractivity contribution in [3.63, 3.8) is 0 Å².